The Balaban J connectivity index is 0.00000109. The van der Waals surface area contributed by atoms with E-state index in [2.05, 4.69) is 47.1 Å². The summed E-state index contributed by atoms with van der Waals surface area (Å²) in [6.07, 6.45) is 0. The molecule has 2 aromatic carbocycles. The Morgan fingerprint density at radius 1 is 1.12 bits per heavy atom. The molecule has 3 rings (SSSR count). The van der Waals surface area contributed by atoms with Crippen molar-refractivity contribution in [3.63, 3.8) is 0 Å². The first-order valence-electron chi connectivity index (χ1n) is 8.96. The monoisotopic (exact) mass is 340 g/mol. The smallest absolute Gasteiger partial charge is 0.229 e. The molecule has 0 aliphatic heterocycles. The first-order valence-corrected chi connectivity index (χ1v) is 8.96. The normalized spacial score (nSPS) is 11.9. The third kappa shape index (κ3) is 3.85. The van der Waals surface area contributed by atoms with E-state index in [0.717, 1.165) is 12.2 Å². The molecule has 4 nitrogen and oxygen atoms in total. The molecule has 0 aliphatic carbocycles. The number of amides is 1. The van der Waals surface area contributed by atoms with Gasteiger partial charge in [0.2, 0.25) is 5.91 Å². The molecule has 1 atom stereocenters. The summed E-state index contributed by atoms with van der Waals surface area (Å²) in [6.45, 7) is 9.35. The van der Waals surface area contributed by atoms with Crippen molar-refractivity contribution in [2.75, 3.05) is 19.0 Å². The van der Waals surface area contributed by atoms with Crippen molar-refractivity contribution in [1.29, 1.82) is 0 Å². The maximum Gasteiger partial charge on any atom is 0.229 e. The predicted octanol–water partition coefficient (Wildman–Crippen LogP) is 5.06. The molecule has 0 aliphatic rings. The third-order valence-electron chi connectivity index (χ3n) is 4.22. The molecular formula is C21H28N2O2. The number of ether oxygens (including phenoxy) is 1. The second-order valence-electron chi connectivity index (χ2n) is 5.84. The number of anilines is 1. The molecule has 25 heavy (non-hydrogen) atoms. The lowest BCUT2D eigenvalue weighted by Crippen LogP contribution is -2.23. The predicted molar refractivity (Wildman–Crippen MR) is 106 cm³/mol. The molecule has 0 saturated carbocycles. The number of benzene rings is 2. The number of hydrogen-bond acceptors (Lipinski definition) is 2. The van der Waals surface area contributed by atoms with Gasteiger partial charge in [0.05, 0.1) is 12.5 Å². The molecule has 0 fully saturated rings. The van der Waals surface area contributed by atoms with Crippen LogP contribution < -0.4 is 5.32 Å². The number of carbonyl (C=O) groups is 1. The lowest BCUT2D eigenvalue weighted by molar-refractivity contribution is -0.120. The fourth-order valence-electron chi connectivity index (χ4n) is 3.06. The summed E-state index contributed by atoms with van der Waals surface area (Å²) in [6, 6.07) is 14.5. The fourth-order valence-corrected chi connectivity index (χ4v) is 3.06. The van der Waals surface area contributed by atoms with E-state index >= 15 is 0 Å². The first-order chi connectivity index (χ1) is 12.2. The zero-order valence-electron chi connectivity index (χ0n) is 15.8. The summed E-state index contributed by atoms with van der Waals surface area (Å²) >= 11 is 0. The van der Waals surface area contributed by atoms with Crippen molar-refractivity contribution >= 4 is 33.4 Å². The van der Waals surface area contributed by atoms with Gasteiger partial charge in [-0.25, -0.2) is 0 Å². The lowest BCUT2D eigenvalue weighted by atomic mass is 10.1. The Bertz CT molecular complexity index is 852. The van der Waals surface area contributed by atoms with Gasteiger partial charge in [0.15, 0.2) is 0 Å². The maximum absolute atomic E-state index is 12.2. The van der Waals surface area contributed by atoms with Gasteiger partial charge in [-0.15, -0.1) is 0 Å². The van der Waals surface area contributed by atoms with Crippen LogP contribution >= 0.6 is 0 Å². The fraction of sp³-hybridized carbons (Fsp3) is 0.381. The Kier molecular flexibility index (Phi) is 6.59. The molecule has 0 saturated heterocycles. The van der Waals surface area contributed by atoms with Crippen LogP contribution in [0.15, 0.2) is 42.5 Å². The highest BCUT2D eigenvalue weighted by molar-refractivity contribution is 6.09. The zero-order valence-corrected chi connectivity index (χ0v) is 15.8. The highest BCUT2D eigenvalue weighted by atomic mass is 16.5. The van der Waals surface area contributed by atoms with E-state index in [1.807, 2.05) is 32.9 Å². The highest BCUT2D eigenvalue weighted by Crippen LogP contribution is 2.31. The van der Waals surface area contributed by atoms with Gasteiger partial charge in [-0.1, -0.05) is 39.0 Å². The van der Waals surface area contributed by atoms with Crippen molar-refractivity contribution in [1.82, 2.24) is 4.57 Å². The molecule has 1 aromatic heterocycles. The van der Waals surface area contributed by atoms with Crippen LogP contribution in [-0.4, -0.2) is 24.2 Å². The Morgan fingerprint density at radius 2 is 1.80 bits per heavy atom. The van der Waals surface area contributed by atoms with Crippen LogP contribution in [0.25, 0.3) is 21.8 Å². The molecule has 1 heterocycles. The molecule has 0 bridgehead atoms. The molecular weight excluding hydrogens is 312 g/mol. The van der Waals surface area contributed by atoms with Crippen molar-refractivity contribution in [2.24, 2.45) is 5.92 Å². The van der Waals surface area contributed by atoms with Gasteiger partial charge >= 0.3 is 0 Å². The average Bonchev–Trinajstić information content (AvgIpc) is 2.96. The number of rotatable bonds is 5. The second kappa shape index (κ2) is 8.67. The van der Waals surface area contributed by atoms with Gasteiger partial charge in [-0.05, 0) is 31.2 Å². The highest BCUT2D eigenvalue weighted by Gasteiger charge is 2.14. The minimum Gasteiger partial charge on any atom is -0.384 e. The SMILES string of the molecule is CC.CCn1c2ccccc2c2cc(NC(=O)C(C)COC)ccc21. The van der Waals surface area contributed by atoms with E-state index in [1.165, 1.54) is 21.8 Å². The summed E-state index contributed by atoms with van der Waals surface area (Å²) in [7, 11) is 1.61. The number of methoxy groups -OCH3 is 1. The van der Waals surface area contributed by atoms with Gasteiger partial charge in [-0.2, -0.15) is 0 Å². The van der Waals surface area contributed by atoms with Gasteiger partial charge in [0.25, 0.3) is 0 Å². The van der Waals surface area contributed by atoms with Crippen molar-refractivity contribution < 1.29 is 9.53 Å². The standard InChI is InChI=1S/C19H22N2O2.C2H6/c1-4-21-17-8-6-5-7-15(17)16-11-14(9-10-18(16)21)20-19(22)13(2)12-23-3;1-2/h5-11,13H,4,12H2,1-3H3,(H,20,22);1-2H3. The van der Waals surface area contributed by atoms with Gasteiger partial charge in [0.1, 0.15) is 0 Å². The lowest BCUT2D eigenvalue weighted by Gasteiger charge is -2.11. The quantitative estimate of drug-likeness (QED) is 0.705. The molecule has 1 N–H and O–H groups in total. The summed E-state index contributed by atoms with van der Waals surface area (Å²) < 4.78 is 7.34. The van der Waals surface area contributed by atoms with Crippen molar-refractivity contribution in [3.05, 3.63) is 42.5 Å². The Morgan fingerprint density at radius 3 is 2.48 bits per heavy atom. The number of aryl methyl sites for hydroxylation is 1. The van der Waals surface area contributed by atoms with Crippen LogP contribution in [0.4, 0.5) is 5.69 Å². The minimum atomic E-state index is -0.173. The largest absolute Gasteiger partial charge is 0.384 e. The molecule has 1 amide bonds. The molecule has 1 unspecified atom stereocenters. The number of fused-ring (bicyclic) bond motifs is 3. The van der Waals surface area contributed by atoms with Gasteiger partial charge in [-0.3, -0.25) is 4.79 Å². The number of para-hydroxylation sites is 1. The van der Waals surface area contributed by atoms with E-state index in [9.17, 15) is 4.79 Å². The summed E-state index contributed by atoms with van der Waals surface area (Å²) in [5, 5.41) is 5.36. The number of nitrogens with zero attached hydrogens (tertiary/aromatic N) is 1. The van der Waals surface area contributed by atoms with Gasteiger partial charge in [0, 0.05) is 41.1 Å². The van der Waals surface area contributed by atoms with E-state index in [-0.39, 0.29) is 11.8 Å². The Hall–Kier alpha value is -2.33. The van der Waals surface area contributed by atoms with E-state index in [1.54, 1.807) is 7.11 Å². The van der Waals surface area contributed by atoms with Crippen LogP contribution in [0, 0.1) is 5.92 Å². The van der Waals surface area contributed by atoms with E-state index in [0.29, 0.717) is 6.61 Å². The Labute approximate surface area is 149 Å². The topological polar surface area (TPSA) is 43.3 Å². The van der Waals surface area contributed by atoms with Gasteiger partial charge < -0.3 is 14.6 Å². The van der Waals surface area contributed by atoms with E-state index < -0.39 is 0 Å². The second-order valence-corrected chi connectivity index (χ2v) is 5.84. The zero-order chi connectivity index (χ0) is 18.4. The van der Waals surface area contributed by atoms with Crippen LogP contribution in [0.1, 0.15) is 27.7 Å². The van der Waals surface area contributed by atoms with Crippen LogP contribution in [0.2, 0.25) is 0 Å². The molecule has 4 heteroatoms. The molecule has 0 radical (unpaired) electrons. The molecule has 3 aromatic rings. The molecule has 0 spiro atoms. The number of aromatic nitrogens is 1. The van der Waals surface area contributed by atoms with Crippen molar-refractivity contribution in [2.45, 2.75) is 34.2 Å². The summed E-state index contributed by atoms with van der Waals surface area (Å²) in [5.74, 6) is -0.196. The summed E-state index contributed by atoms with van der Waals surface area (Å²) in [4.78, 5) is 12.2. The average molecular weight is 340 g/mol. The third-order valence-corrected chi connectivity index (χ3v) is 4.22. The number of hydrogen-bond donors (Lipinski definition) is 1. The van der Waals surface area contributed by atoms with Crippen molar-refractivity contribution in [3.8, 4) is 0 Å². The van der Waals surface area contributed by atoms with Crippen LogP contribution in [-0.2, 0) is 16.1 Å². The number of nitrogens with one attached hydrogen (secondary N) is 1. The first kappa shape index (κ1) is 19.0. The maximum atomic E-state index is 12.2. The number of carbonyl (C=O) groups excluding carboxylic acids is 1. The van der Waals surface area contributed by atoms with E-state index in [4.69, 9.17) is 4.74 Å². The minimum absolute atomic E-state index is 0.0228. The van der Waals surface area contributed by atoms with Crippen LogP contribution in [0.5, 0.6) is 0 Å². The molecule has 134 valence electrons. The summed E-state index contributed by atoms with van der Waals surface area (Å²) in [5.41, 5.74) is 3.24. The van der Waals surface area contributed by atoms with Crippen LogP contribution in [0.3, 0.4) is 0 Å².